The second-order valence-corrected chi connectivity index (χ2v) is 4.28. The van der Waals surface area contributed by atoms with E-state index in [0.717, 1.165) is 0 Å². The van der Waals surface area contributed by atoms with Crippen molar-refractivity contribution in [2.45, 2.75) is 25.9 Å². The molecule has 1 unspecified atom stereocenters. The van der Waals surface area contributed by atoms with E-state index >= 15 is 0 Å². The van der Waals surface area contributed by atoms with E-state index in [1.165, 1.54) is 0 Å². The van der Waals surface area contributed by atoms with Crippen molar-refractivity contribution >= 4 is 7.82 Å². The summed E-state index contributed by atoms with van der Waals surface area (Å²) in [5, 5.41) is 0. The fourth-order valence-corrected chi connectivity index (χ4v) is 1.88. The van der Waals surface area contributed by atoms with Crippen LogP contribution in [-0.2, 0) is 13.6 Å². The van der Waals surface area contributed by atoms with Crippen LogP contribution < -0.4 is 0 Å². The van der Waals surface area contributed by atoms with Crippen LogP contribution >= 0.6 is 7.82 Å². The highest BCUT2D eigenvalue weighted by Gasteiger charge is 2.36. The Hall–Kier alpha value is 0.110. The molecule has 0 radical (unpaired) electrons. The highest BCUT2D eigenvalue weighted by atomic mass is 31.2. The number of hydrogen-bond acceptors (Lipinski definition) is 3. The van der Waals surface area contributed by atoms with Gasteiger partial charge in [-0.2, -0.15) is 0 Å². The van der Waals surface area contributed by atoms with Gasteiger partial charge < -0.3 is 4.89 Å². The van der Waals surface area contributed by atoms with E-state index in [1.807, 2.05) is 0 Å². The van der Waals surface area contributed by atoms with Gasteiger partial charge in [0, 0.05) is 6.42 Å². The predicted molar refractivity (Wildman–Crippen MR) is 35.6 cm³/mol. The molecule has 10 heavy (non-hydrogen) atoms. The molecule has 1 fully saturated rings. The van der Waals surface area contributed by atoms with Gasteiger partial charge in [0.15, 0.2) is 0 Å². The fourth-order valence-electron chi connectivity index (χ4n) is 0.791. The lowest BCUT2D eigenvalue weighted by molar-refractivity contribution is -0.00654. The maximum atomic E-state index is 10.8. The zero-order chi connectivity index (χ0) is 7.83. The Balaban J connectivity index is 2.66. The van der Waals surface area contributed by atoms with E-state index < -0.39 is 13.4 Å². The second-order valence-electron chi connectivity index (χ2n) is 2.90. The monoisotopic (exact) mass is 166 g/mol. The molecule has 0 aromatic carbocycles. The van der Waals surface area contributed by atoms with Crippen molar-refractivity contribution in [3.63, 3.8) is 0 Å². The molecule has 0 spiro atoms. The van der Waals surface area contributed by atoms with Crippen LogP contribution in [0.5, 0.6) is 0 Å². The fraction of sp³-hybridized carbons (Fsp3) is 1.00. The second kappa shape index (κ2) is 2.31. The van der Waals surface area contributed by atoms with Gasteiger partial charge in [0.2, 0.25) is 0 Å². The minimum atomic E-state index is -3.71. The Kier molecular flexibility index (Phi) is 1.90. The van der Waals surface area contributed by atoms with Gasteiger partial charge >= 0.3 is 7.82 Å². The van der Waals surface area contributed by atoms with E-state index in [1.54, 1.807) is 13.8 Å². The molecule has 1 saturated heterocycles. The van der Waals surface area contributed by atoms with Crippen LogP contribution in [-0.4, -0.2) is 17.1 Å². The summed E-state index contributed by atoms with van der Waals surface area (Å²) in [6.07, 6.45) is 0.650. The summed E-state index contributed by atoms with van der Waals surface area (Å²) in [7, 11) is -3.71. The van der Waals surface area contributed by atoms with Crippen LogP contribution in [0.15, 0.2) is 0 Å². The summed E-state index contributed by atoms with van der Waals surface area (Å²) in [5.41, 5.74) is -0.525. The van der Waals surface area contributed by atoms with Crippen molar-refractivity contribution in [3.8, 4) is 0 Å². The van der Waals surface area contributed by atoms with Gasteiger partial charge in [-0.3, -0.25) is 9.05 Å². The van der Waals surface area contributed by atoms with E-state index in [2.05, 4.69) is 4.52 Å². The Morgan fingerprint density at radius 2 is 2.20 bits per heavy atom. The molecule has 0 amide bonds. The smallest absolute Gasteiger partial charge is 0.302 e. The number of phosphoric ester groups is 1. The summed E-state index contributed by atoms with van der Waals surface area (Å²) in [4.78, 5) is 8.82. The molecule has 1 aliphatic rings. The Bertz CT molecular complexity index is 176. The average molecular weight is 166 g/mol. The molecule has 60 valence electrons. The van der Waals surface area contributed by atoms with Crippen LogP contribution in [0.2, 0.25) is 0 Å². The van der Waals surface area contributed by atoms with Crippen molar-refractivity contribution in [2.75, 3.05) is 6.61 Å². The number of hydrogen-bond donors (Lipinski definition) is 1. The molecule has 0 aliphatic carbocycles. The van der Waals surface area contributed by atoms with Gasteiger partial charge in [0.1, 0.15) is 0 Å². The summed E-state index contributed by atoms with van der Waals surface area (Å²) >= 11 is 0. The molecular formula is C5H11O4P. The minimum Gasteiger partial charge on any atom is -0.302 e. The standard InChI is InChI=1S/C5H11O4P/c1-5(2)3-4-8-10(6,7)9-5/h3-4H2,1-2H3,(H,6,7). The van der Waals surface area contributed by atoms with Crippen LogP contribution in [0.4, 0.5) is 0 Å². The molecule has 1 heterocycles. The molecule has 1 N–H and O–H groups in total. The summed E-state index contributed by atoms with van der Waals surface area (Å²) in [6.45, 7) is 3.82. The van der Waals surface area contributed by atoms with Gasteiger partial charge in [0.25, 0.3) is 0 Å². The molecule has 0 aromatic heterocycles. The Labute approximate surface area is 59.8 Å². The van der Waals surface area contributed by atoms with Crippen molar-refractivity contribution in [1.29, 1.82) is 0 Å². The first-order valence-corrected chi connectivity index (χ1v) is 4.59. The number of rotatable bonds is 0. The van der Waals surface area contributed by atoms with Crippen molar-refractivity contribution in [3.05, 3.63) is 0 Å². The van der Waals surface area contributed by atoms with Gasteiger partial charge in [-0.25, -0.2) is 4.57 Å². The van der Waals surface area contributed by atoms with E-state index in [-0.39, 0.29) is 0 Å². The van der Waals surface area contributed by atoms with E-state index in [0.29, 0.717) is 13.0 Å². The topological polar surface area (TPSA) is 55.8 Å². The predicted octanol–water partition coefficient (Wildman–Crippen LogP) is 1.30. The summed E-state index contributed by atoms with van der Waals surface area (Å²) in [5.74, 6) is 0. The van der Waals surface area contributed by atoms with Gasteiger partial charge in [-0.15, -0.1) is 0 Å². The third-order valence-corrected chi connectivity index (χ3v) is 2.55. The lowest BCUT2D eigenvalue weighted by atomic mass is 10.1. The minimum absolute atomic E-state index is 0.292. The molecular weight excluding hydrogens is 155 g/mol. The lowest BCUT2D eigenvalue weighted by Crippen LogP contribution is -2.29. The third kappa shape index (κ3) is 2.06. The molecule has 5 heteroatoms. The summed E-state index contributed by atoms with van der Waals surface area (Å²) < 4.78 is 20.0. The SMILES string of the molecule is CC1(C)CCOP(=O)(O)O1. The molecule has 1 atom stereocenters. The molecule has 4 nitrogen and oxygen atoms in total. The quantitative estimate of drug-likeness (QED) is 0.551. The maximum Gasteiger partial charge on any atom is 0.472 e. The molecule has 1 aliphatic heterocycles. The third-order valence-electron chi connectivity index (χ3n) is 1.32. The van der Waals surface area contributed by atoms with Crippen LogP contribution in [0.1, 0.15) is 20.3 Å². The van der Waals surface area contributed by atoms with Crippen LogP contribution in [0.3, 0.4) is 0 Å². The normalized spacial score (nSPS) is 39.5. The van der Waals surface area contributed by atoms with Crippen molar-refractivity contribution in [2.24, 2.45) is 0 Å². The first-order valence-electron chi connectivity index (χ1n) is 3.09. The van der Waals surface area contributed by atoms with Gasteiger partial charge in [-0.1, -0.05) is 0 Å². The largest absolute Gasteiger partial charge is 0.472 e. The van der Waals surface area contributed by atoms with Crippen LogP contribution in [0, 0.1) is 0 Å². The highest BCUT2D eigenvalue weighted by molar-refractivity contribution is 7.47. The first-order chi connectivity index (χ1) is 4.41. The zero-order valence-corrected chi connectivity index (χ0v) is 6.93. The number of phosphoric acid groups is 1. The zero-order valence-electron chi connectivity index (χ0n) is 6.03. The first kappa shape index (κ1) is 8.21. The average Bonchev–Trinajstić information content (AvgIpc) is 1.56. The van der Waals surface area contributed by atoms with Gasteiger partial charge in [0.05, 0.1) is 12.2 Å². The molecule has 0 saturated carbocycles. The molecule has 1 rings (SSSR count). The molecule has 0 aromatic rings. The van der Waals surface area contributed by atoms with E-state index in [9.17, 15) is 4.57 Å². The van der Waals surface area contributed by atoms with Crippen LogP contribution in [0.25, 0.3) is 0 Å². The van der Waals surface area contributed by atoms with Crippen molar-refractivity contribution < 1.29 is 18.5 Å². The van der Waals surface area contributed by atoms with Gasteiger partial charge in [-0.05, 0) is 13.8 Å². The highest BCUT2D eigenvalue weighted by Crippen LogP contribution is 2.51. The summed E-state index contributed by atoms with van der Waals surface area (Å²) in [6, 6.07) is 0. The lowest BCUT2D eigenvalue weighted by Gasteiger charge is -2.31. The van der Waals surface area contributed by atoms with E-state index in [4.69, 9.17) is 9.42 Å². The van der Waals surface area contributed by atoms with Crippen molar-refractivity contribution in [1.82, 2.24) is 0 Å². The Morgan fingerprint density at radius 1 is 1.60 bits per heavy atom. The molecule has 0 bridgehead atoms. The Morgan fingerprint density at radius 3 is 2.50 bits per heavy atom. The maximum absolute atomic E-state index is 10.8.